The number of carbonyl (C=O) groups excluding carboxylic acids is 1. The predicted molar refractivity (Wildman–Crippen MR) is 64.0 cm³/mol. The molecule has 0 spiro atoms. The molecule has 16 heavy (non-hydrogen) atoms. The average molecular weight is 228 g/mol. The van der Waals surface area contributed by atoms with E-state index in [2.05, 4.69) is 0 Å². The summed E-state index contributed by atoms with van der Waals surface area (Å²) in [7, 11) is 1.80. The Morgan fingerprint density at radius 1 is 1.56 bits per heavy atom. The van der Waals surface area contributed by atoms with Gasteiger partial charge in [-0.3, -0.25) is 4.79 Å². The van der Waals surface area contributed by atoms with E-state index in [1.54, 1.807) is 11.9 Å². The topological polar surface area (TPSA) is 55.6 Å². The van der Waals surface area contributed by atoms with Crippen molar-refractivity contribution in [1.82, 2.24) is 4.90 Å². The minimum absolute atomic E-state index is 0.00278. The molecule has 0 aromatic carbocycles. The maximum atomic E-state index is 12.0. The molecule has 0 aromatic rings. The van der Waals surface area contributed by atoms with Gasteiger partial charge in [0.05, 0.1) is 12.1 Å². The van der Waals surface area contributed by atoms with E-state index >= 15 is 0 Å². The second-order valence-corrected chi connectivity index (χ2v) is 5.70. The van der Waals surface area contributed by atoms with Crippen LogP contribution in [0.5, 0.6) is 0 Å². The lowest BCUT2D eigenvalue weighted by atomic mass is 9.86. The highest BCUT2D eigenvalue weighted by atomic mass is 16.5. The van der Waals surface area contributed by atoms with Gasteiger partial charge in [-0.15, -0.1) is 0 Å². The highest BCUT2D eigenvalue weighted by Gasteiger charge is 2.31. The van der Waals surface area contributed by atoms with Crippen LogP contribution in [-0.2, 0) is 9.53 Å². The van der Waals surface area contributed by atoms with Crippen LogP contribution < -0.4 is 5.73 Å². The van der Waals surface area contributed by atoms with Crippen LogP contribution >= 0.6 is 0 Å². The molecule has 0 aromatic heterocycles. The molecular weight excluding hydrogens is 204 g/mol. The van der Waals surface area contributed by atoms with Crippen LogP contribution in [0.4, 0.5) is 0 Å². The number of ether oxygens (including phenoxy) is 1. The van der Waals surface area contributed by atoms with Crippen LogP contribution in [0, 0.1) is 5.41 Å². The van der Waals surface area contributed by atoms with Crippen LogP contribution in [0.25, 0.3) is 0 Å². The Morgan fingerprint density at radius 3 is 2.62 bits per heavy atom. The number of rotatable bonds is 3. The molecular formula is C12H24N2O2. The summed E-state index contributed by atoms with van der Waals surface area (Å²) in [5.41, 5.74) is 5.74. The first-order chi connectivity index (χ1) is 7.32. The number of amides is 1. The lowest BCUT2D eigenvalue weighted by molar-refractivity contribution is -0.135. The number of likely N-dealkylation sites (N-methyl/N-ethyl adjacent to an activating group) is 1. The molecule has 1 amide bonds. The lowest BCUT2D eigenvalue weighted by Gasteiger charge is -2.31. The van der Waals surface area contributed by atoms with Gasteiger partial charge in [0.25, 0.3) is 0 Å². The number of hydrogen-bond acceptors (Lipinski definition) is 3. The zero-order valence-electron chi connectivity index (χ0n) is 10.8. The zero-order chi connectivity index (χ0) is 12.3. The number of nitrogens with zero attached hydrogens (tertiary/aromatic N) is 1. The van der Waals surface area contributed by atoms with Crippen LogP contribution in [0.2, 0.25) is 0 Å². The van der Waals surface area contributed by atoms with Crippen molar-refractivity contribution >= 4 is 5.91 Å². The normalized spacial score (nSPS) is 23.2. The molecule has 1 unspecified atom stereocenters. The fourth-order valence-corrected chi connectivity index (χ4v) is 1.79. The first-order valence-corrected chi connectivity index (χ1v) is 5.94. The van der Waals surface area contributed by atoms with E-state index in [1.165, 1.54) is 0 Å². The summed E-state index contributed by atoms with van der Waals surface area (Å²) < 4.78 is 5.50. The Kier molecular flexibility index (Phi) is 4.33. The van der Waals surface area contributed by atoms with Crippen molar-refractivity contribution in [1.29, 1.82) is 0 Å². The van der Waals surface area contributed by atoms with Gasteiger partial charge in [0.15, 0.2) is 0 Å². The van der Waals surface area contributed by atoms with Gasteiger partial charge in [0.2, 0.25) is 5.91 Å². The summed E-state index contributed by atoms with van der Waals surface area (Å²) in [5, 5.41) is 0. The summed E-state index contributed by atoms with van der Waals surface area (Å²) in [5.74, 6) is 0.00278. The van der Waals surface area contributed by atoms with Gasteiger partial charge in [0, 0.05) is 20.2 Å². The highest BCUT2D eigenvalue weighted by molar-refractivity contribution is 5.82. The second kappa shape index (κ2) is 5.15. The van der Waals surface area contributed by atoms with Gasteiger partial charge >= 0.3 is 0 Å². The molecule has 4 nitrogen and oxygen atoms in total. The molecule has 1 aliphatic rings. The Bertz CT molecular complexity index is 242. The second-order valence-electron chi connectivity index (χ2n) is 5.70. The monoisotopic (exact) mass is 228 g/mol. The van der Waals surface area contributed by atoms with Crippen molar-refractivity contribution in [3.8, 4) is 0 Å². The summed E-state index contributed by atoms with van der Waals surface area (Å²) in [6, 6.07) is -0.445. The molecule has 1 aliphatic heterocycles. The van der Waals surface area contributed by atoms with Gasteiger partial charge in [-0.1, -0.05) is 20.8 Å². The maximum Gasteiger partial charge on any atom is 0.239 e. The van der Waals surface area contributed by atoms with Crippen molar-refractivity contribution in [2.45, 2.75) is 45.8 Å². The predicted octanol–water partition coefficient (Wildman–Crippen LogP) is 0.997. The smallest absolute Gasteiger partial charge is 0.239 e. The van der Waals surface area contributed by atoms with E-state index in [1.807, 2.05) is 20.8 Å². The summed E-state index contributed by atoms with van der Waals surface area (Å²) in [4.78, 5) is 13.7. The van der Waals surface area contributed by atoms with Crippen molar-refractivity contribution in [2.75, 3.05) is 20.2 Å². The largest absolute Gasteiger partial charge is 0.376 e. The summed E-state index contributed by atoms with van der Waals surface area (Å²) >= 11 is 0. The van der Waals surface area contributed by atoms with E-state index in [4.69, 9.17) is 10.5 Å². The standard InChI is InChI=1S/C12H24N2O2/c1-12(2,3)10(13)11(15)14(4)8-9-6-5-7-16-9/h9-10H,5-8,13H2,1-4H3/t9?,10-/m1/s1. The fraction of sp³-hybridized carbons (Fsp3) is 0.917. The van der Waals surface area contributed by atoms with Crippen LogP contribution in [0.3, 0.4) is 0 Å². The quantitative estimate of drug-likeness (QED) is 0.784. The van der Waals surface area contributed by atoms with Crippen molar-refractivity contribution < 1.29 is 9.53 Å². The summed E-state index contributed by atoms with van der Waals surface area (Å²) in [6.45, 7) is 7.42. The van der Waals surface area contributed by atoms with E-state index in [-0.39, 0.29) is 17.4 Å². The van der Waals surface area contributed by atoms with E-state index in [0.717, 1.165) is 19.4 Å². The third kappa shape index (κ3) is 3.46. The van der Waals surface area contributed by atoms with E-state index < -0.39 is 6.04 Å². The number of hydrogen-bond donors (Lipinski definition) is 1. The molecule has 2 atom stereocenters. The van der Waals surface area contributed by atoms with Crippen LogP contribution in [0.1, 0.15) is 33.6 Å². The Balaban J connectivity index is 2.46. The molecule has 0 radical (unpaired) electrons. The lowest BCUT2D eigenvalue weighted by Crippen LogP contribution is -2.50. The molecule has 1 rings (SSSR count). The first-order valence-electron chi connectivity index (χ1n) is 5.94. The van der Waals surface area contributed by atoms with Crippen molar-refractivity contribution in [2.24, 2.45) is 11.1 Å². The van der Waals surface area contributed by atoms with Gasteiger partial charge in [-0.05, 0) is 18.3 Å². The Labute approximate surface area is 98.1 Å². The Morgan fingerprint density at radius 2 is 2.19 bits per heavy atom. The van der Waals surface area contributed by atoms with Gasteiger partial charge < -0.3 is 15.4 Å². The average Bonchev–Trinajstić information content (AvgIpc) is 2.66. The summed E-state index contributed by atoms with van der Waals surface area (Å²) in [6.07, 6.45) is 2.33. The Hall–Kier alpha value is -0.610. The zero-order valence-corrected chi connectivity index (χ0v) is 10.8. The van der Waals surface area contributed by atoms with Crippen molar-refractivity contribution in [3.05, 3.63) is 0 Å². The van der Waals surface area contributed by atoms with Gasteiger partial charge in [0.1, 0.15) is 0 Å². The van der Waals surface area contributed by atoms with Gasteiger partial charge in [-0.25, -0.2) is 0 Å². The molecule has 1 saturated heterocycles. The first kappa shape index (κ1) is 13.5. The number of carbonyl (C=O) groups is 1. The highest BCUT2D eigenvalue weighted by Crippen LogP contribution is 2.20. The molecule has 1 fully saturated rings. The molecule has 1 heterocycles. The fourth-order valence-electron chi connectivity index (χ4n) is 1.79. The van der Waals surface area contributed by atoms with Crippen LogP contribution in [-0.4, -0.2) is 43.2 Å². The number of nitrogens with two attached hydrogens (primary N) is 1. The SMILES string of the molecule is CN(CC1CCCO1)C(=O)[C@@H](N)C(C)(C)C. The molecule has 0 saturated carbocycles. The minimum Gasteiger partial charge on any atom is -0.376 e. The molecule has 4 heteroatoms. The third-order valence-corrected chi connectivity index (χ3v) is 3.08. The maximum absolute atomic E-state index is 12.0. The van der Waals surface area contributed by atoms with Crippen molar-refractivity contribution in [3.63, 3.8) is 0 Å². The molecule has 0 aliphatic carbocycles. The minimum atomic E-state index is -0.445. The molecule has 0 bridgehead atoms. The molecule has 94 valence electrons. The molecule has 2 N–H and O–H groups in total. The van der Waals surface area contributed by atoms with Crippen LogP contribution in [0.15, 0.2) is 0 Å². The van der Waals surface area contributed by atoms with E-state index in [0.29, 0.717) is 6.54 Å². The van der Waals surface area contributed by atoms with Gasteiger partial charge in [-0.2, -0.15) is 0 Å². The third-order valence-electron chi connectivity index (χ3n) is 3.08. The van der Waals surface area contributed by atoms with E-state index in [9.17, 15) is 4.79 Å².